The average molecular weight is 344 g/mol. The lowest BCUT2D eigenvalue weighted by Gasteiger charge is -2.21. The fraction of sp³-hybridized carbons (Fsp3) is 0.429. The van der Waals surface area contributed by atoms with E-state index in [1.807, 2.05) is 0 Å². The Morgan fingerprint density at radius 1 is 1.40 bits per heavy atom. The lowest BCUT2D eigenvalue weighted by Crippen LogP contribution is -2.35. The van der Waals surface area contributed by atoms with Gasteiger partial charge in [-0.1, -0.05) is 6.07 Å². The fourth-order valence-corrected chi connectivity index (χ4v) is 2.06. The van der Waals surface area contributed by atoms with Crippen LogP contribution in [0.15, 0.2) is 22.7 Å². The van der Waals surface area contributed by atoms with Gasteiger partial charge < -0.3 is 19.6 Å². The van der Waals surface area contributed by atoms with Gasteiger partial charge in [-0.25, -0.2) is 4.79 Å². The summed E-state index contributed by atoms with van der Waals surface area (Å²) < 4.78 is 10.9. The van der Waals surface area contributed by atoms with Gasteiger partial charge in [0.1, 0.15) is 23.7 Å². The van der Waals surface area contributed by atoms with E-state index in [1.165, 1.54) is 0 Å². The summed E-state index contributed by atoms with van der Waals surface area (Å²) in [6.07, 6.45) is 0.0135. The minimum atomic E-state index is -0.771. The van der Waals surface area contributed by atoms with Crippen LogP contribution in [0.4, 0.5) is 4.79 Å². The van der Waals surface area contributed by atoms with Crippen molar-refractivity contribution in [2.24, 2.45) is 0 Å². The number of nitrogens with one attached hydrogen (secondary N) is 1. The molecule has 1 unspecified atom stereocenters. The van der Waals surface area contributed by atoms with Crippen molar-refractivity contribution in [1.29, 1.82) is 0 Å². The van der Waals surface area contributed by atoms with Crippen LogP contribution in [0.1, 0.15) is 32.4 Å². The van der Waals surface area contributed by atoms with Gasteiger partial charge in [0.05, 0.1) is 11.6 Å². The molecular weight excluding hydrogens is 326 g/mol. The molecule has 0 radical (unpaired) electrons. The number of benzene rings is 1. The van der Waals surface area contributed by atoms with Gasteiger partial charge in [-0.05, 0) is 54.4 Å². The second-order valence-corrected chi connectivity index (χ2v) is 6.01. The van der Waals surface area contributed by atoms with Crippen molar-refractivity contribution in [3.63, 3.8) is 0 Å². The molecule has 0 saturated heterocycles. The number of halogens is 1. The first-order chi connectivity index (χ1) is 9.26. The van der Waals surface area contributed by atoms with Crippen LogP contribution in [0, 0.1) is 0 Å². The summed E-state index contributed by atoms with van der Waals surface area (Å²) >= 11 is 3.33. The van der Waals surface area contributed by atoms with Gasteiger partial charge in [-0.15, -0.1) is 0 Å². The zero-order valence-electron chi connectivity index (χ0n) is 11.9. The molecule has 1 aromatic carbocycles. The van der Waals surface area contributed by atoms with Crippen LogP contribution in [-0.4, -0.2) is 25.1 Å². The van der Waals surface area contributed by atoms with Gasteiger partial charge >= 0.3 is 6.09 Å². The number of alkyl carbamates (subject to hydrolysis) is 1. The third-order valence-electron chi connectivity index (χ3n) is 2.34. The van der Waals surface area contributed by atoms with Crippen molar-refractivity contribution >= 4 is 28.3 Å². The first kappa shape index (κ1) is 16.5. The molecule has 5 nitrogen and oxygen atoms in total. The lowest BCUT2D eigenvalue weighted by molar-refractivity contribution is -0.109. The normalized spacial score (nSPS) is 12.4. The Morgan fingerprint density at radius 3 is 2.50 bits per heavy atom. The molecular formula is C14H18BrNO4. The van der Waals surface area contributed by atoms with E-state index >= 15 is 0 Å². The van der Waals surface area contributed by atoms with Crippen molar-refractivity contribution in [3.8, 4) is 5.75 Å². The van der Waals surface area contributed by atoms with Crippen molar-refractivity contribution in [1.82, 2.24) is 5.32 Å². The summed E-state index contributed by atoms with van der Waals surface area (Å²) in [5.41, 5.74) is 0.0244. The van der Waals surface area contributed by atoms with Crippen molar-refractivity contribution in [2.45, 2.75) is 32.4 Å². The molecule has 0 bridgehead atoms. The molecule has 20 heavy (non-hydrogen) atoms. The minimum Gasteiger partial charge on any atom is -0.496 e. The summed E-state index contributed by atoms with van der Waals surface area (Å²) in [7, 11) is 1.55. The number of rotatable bonds is 4. The molecule has 0 heterocycles. The Morgan fingerprint density at radius 2 is 2.05 bits per heavy atom. The SMILES string of the molecule is COc1ccc(C(C=O)NC(=O)OC(C)(C)C)cc1Br. The molecule has 1 N–H and O–H groups in total. The number of hydrogen-bond acceptors (Lipinski definition) is 4. The number of hydrogen-bond donors (Lipinski definition) is 1. The third-order valence-corrected chi connectivity index (χ3v) is 2.96. The van der Waals surface area contributed by atoms with E-state index in [2.05, 4.69) is 21.2 Å². The van der Waals surface area contributed by atoms with Gasteiger partial charge in [0, 0.05) is 0 Å². The predicted molar refractivity (Wildman–Crippen MR) is 78.9 cm³/mol. The highest BCUT2D eigenvalue weighted by Crippen LogP contribution is 2.27. The summed E-state index contributed by atoms with van der Waals surface area (Å²) in [5.74, 6) is 0.649. The third kappa shape index (κ3) is 4.85. The second-order valence-electron chi connectivity index (χ2n) is 5.15. The van der Waals surface area contributed by atoms with E-state index < -0.39 is 17.7 Å². The number of carbonyl (C=O) groups excluding carboxylic acids is 2. The van der Waals surface area contributed by atoms with Gasteiger partial charge in [0.2, 0.25) is 0 Å². The van der Waals surface area contributed by atoms with Gasteiger partial charge in [0.25, 0.3) is 0 Å². The Balaban J connectivity index is 2.83. The van der Waals surface area contributed by atoms with E-state index in [9.17, 15) is 9.59 Å². The Labute approximate surface area is 126 Å². The van der Waals surface area contributed by atoms with E-state index in [1.54, 1.807) is 46.1 Å². The molecule has 0 aromatic heterocycles. The van der Waals surface area contributed by atoms with Crippen molar-refractivity contribution in [2.75, 3.05) is 7.11 Å². The van der Waals surface area contributed by atoms with Gasteiger partial charge in [0.15, 0.2) is 0 Å². The van der Waals surface area contributed by atoms with E-state index in [-0.39, 0.29) is 0 Å². The van der Waals surface area contributed by atoms with Crippen LogP contribution in [0.25, 0.3) is 0 Å². The van der Waals surface area contributed by atoms with Crippen LogP contribution >= 0.6 is 15.9 Å². The number of ether oxygens (including phenoxy) is 2. The molecule has 6 heteroatoms. The first-order valence-corrected chi connectivity index (χ1v) is 6.84. The molecule has 0 spiro atoms. The number of methoxy groups -OCH3 is 1. The molecule has 0 saturated carbocycles. The maximum absolute atomic E-state index is 11.7. The van der Waals surface area contributed by atoms with E-state index in [0.717, 1.165) is 0 Å². The molecule has 0 aliphatic heterocycles. The minimum absolute atomic E-state index is 0.613. The molecule has 1 amide bonds. The van der Waals surface area contributed by atoms with Crippen LogP contribution < -0.4 is 10.1 Å². The van der Waals surface area contributed by atoms with Gasteiger partial charge in [-0.3, -0.25) is 0 Å². The highest BCUT2D eigenvalue weighted by molar-refractivity contribution is 9.10. The fourth-order valence-electron chi connectivity index (χ4n) is 1.51. The topological polar surface area (TPSA) is 64.6 Å². The Hall–Kier alpha value is -1.56. The maximum atomic E-state index is 11.7. The molecule has 0 fully saturated rings. The van der Waals surface area contributed by atoms with Crippen molar-refractivity contribution < 1.29 is 19.1 Å². The standard InChI is InChI=1S/C14H18BrNO4/c1-14(2,3)20-13(18)16-11(8-17)9-5-6-12(19-4)10(15)7-9/h5-8,11H,1-4H3,(H,16,18). The number of amides is 1. The van der Waals surface area contributed by atoms with Crippen molar-refractivity contribution in [3.05, 3.63) is 28.2 Å². The molecule has 1 atom stereocenters. The summed E-state index contributed by atoms with van der Waals surface area (Å²) in [6, 6.07) is 4.37. The van der Waals surface area contributed by atoms with Crippen LogP contribution in [0.5, 0.6) is 5.75 Å². The highest BCUT2D eigenvalue weighted by Gasteiger charge is 2.20. The average Bonchev–Trinajstić information content (AvgIpc) is 2.33. The number of aldehydes is 1. The lowest BCUT2D eigenvalue weighted by atomic mass is 10.1. The smallest absolute Gasteiger partial charge is 0.408 e. The largest absolute Gasteiger partial charge is 0.496 e. The molecule has 1 aromatic rings. The number of carbonyl (C=O) groups is 2. The quantitative estimate of drug-likeness (QED) is 0.852. The maximum Gasteiger partial charge on any atom is 0.408 e. The monoisotopic (exact) mass is 343 g/mol. The zero-order chi connectivity index (χ0) is 15.3. The zero-order valence-corrected chi connectivity index (χ0v) is 13.5. The summed E-state index contributed by atoms with van der Waals surface area (Å²) in [6.45, 7) is 5.27. The molecule has 1 rings (SSSR count). The second kappa shape index (κ2) is 6.74. The van der Waals surface area contributed by atoms with Gasteiger partial charge in [-0.2, -0.15) is 0 Å². The molecule has 0 aliphatic carbocycles. The Kier molecular flexibility index (Phi) is 5.56. The van der Waals surface area contributed by atoms with Crippen LogP contribution in [-0.2, 0) is 9.53 Å². The van der Waals surface area contributed by atoms with Crippen LogP contribution in [0.3, 0.4) is 0 Å². The summed E-state index contributed by atoms with van der Waals surface area (Å²) in [5, 5.41) is 2.51. The first-order valence-electron chi connectivity index (χ1n) is 6.05. The highest BCUT2D eigenvalue weighted by atomic mass is 79.9. The van der Waals surface area contributed by atoms with Crippen LogP contribution in [0.2, 0.25) is 0 Å². The van der Waals surface area contributed by atoms with E-state index in [4.69, 9.17) is 9.47 Å². The molecule has 110 valence electrons. The van der Waals surface area contributed by atoms with E-state index in [0.29, 0.717) is 22.1 Å². The predicted octanol–water partition coefficient (Wildman–Crippen LogP) is 3.22. The summed E-state index contributed by atoms with van der Waals surface area (Å²) in [4.78, 5) is 22.8. The molecule has 0 aliphatic rings. The Bertz CT molecular complexity index is 496.